The molecule has 0 radical (unpaired) electrons. The highest BCUT2D eigenvalue weighted by molar-refractivity contribution is 5.67. The predicted molar refractivity (Wildman–Crippen MR) is 97.8 cm³/mol. The van der Waals surface area contributed by atoms with Crippen LogP contribution in [-0.4, -0.2) is 53.7 Å². The number of carbonyl (C=O) groups is 1. The SMILES string of the molecule is COc1ccc(CN2CCCC[C@@H]2CC(=O)O)cc1CN1CCCC1. The van der Waals surface area contributed by atoms with E-state index in [1.807, 2.05) is 0 Å². The largest absolute Gasteiger partial charge is 0.496 e. The number of methoxy groups -OCH3 is 1. The molecule has 2 heterocycles. The zero-order valence-electron chi connectivity index (χ0n) is 15.2. The molecule has 1 N–H and O–H groups in total. The Kier molecular flexibility index (Phi) is 6.32. The predicted octanol–water partition coefficient (Wildman–Crippen LogP) is 3.12. The van der Waals surface area contributed by atoms with Gasteiger partial charge in [0.05, 0.1) is 13.5 Å². The van der Waals surface area contributed by atoms with E-state index in [0.717, 1.165) is 44.6 Å². The van der Waals surface area contributed by atoms with E-state index in [1.54, 1.807) is 7.11 Å². The van der Waals surface area contributed by atoms with E-state index in [4.69, 9.17) is 4.74 Å². The molecule has 0 aliphatic carbocycles. The van der Waals surface area contributed by atoms with Crippen molar-refractivity contribution in [1.82, 2.24) is 9.80 Å². The third kappa shape index (κ3) is 4.95. The molecular weight excluding hydrogens is 316 g/mol. The highest BCUT2D eigenvalue weighted by atomic mass is 16.5. The number of benzene rings is 1. The average Bonchev–Trinajstić information content (AvgIpc) is 3.09. The van der Waals surface area contributed by atoms with Gasteiger partial charge < -0.3 is 9.84 Å². The molecule has 2 fully saturated rings. The van der Waals surface area contributed by atoms with Crippen molar-refractivity contribution in [3.63, 3.8) is 0 Å². The van der Waals surface area contributed by atoms with Crippen molar-refractivity contribution in [1.29, 1.82) is 0 Å². The highest BCUT2D eigenvalue weighted by Crippen LogP contribution is 2.26. The van der Waals surface area contributed by atoms with Crippen LogP contribution in [0.3, 0.4) is 0 Å². The maximum Gasteiger partial charge on any atom is 0.304 e. The van der Waals surface area contributed by atoms with Gasteiger partial charge in [-0.05, 0) is 63.0 Å². The Bertz CT molecular complexity index is 584. The highest BCUT2D eigenvalue weighted by Gasteiger charge is 2.25. The van der Waals surface area contributed by atoms with Crippen LogP contribution in [0, 0.1) is 0 Å². The van der Waals surface area contributed by atoms with Gasteiger partial charge in [0.15, 0.2) is 0 Å². The number of nitrogens with zero attached hydrogens (tertiary/aromatic N) is 2. The normalized spacial score (nSPS) is 22.2. The molecule has 0 saturated carbocycles. The van der Waals surface area contributed by atoms with Gasteiger partial charge in [0.2, 0.25) is 0 Å². The van der Waals surface area contributed by atoms with Gasteiger partial charge in [-0.2, -0.15) is 0 Å². The summed E-state index contributed by atoms with van der Waals surface area (Å²) in [5.41, 5.74) is 2.50. The lowest BCUT2D eigenvalue weighted by Gasteiger charge is -2.35. The van der Waals surface area contributed by atoms with Gasteiger partial charge in [-0.1, -0.05) is 12.5 Å². The number of ether oxygens (including phenoxy) is 1. The van der Waals surface area contributed by atoms with E-state index in [-0.39, 0.29) is 12.5 Å². The summed E-state index contributed by atoms with van der Waals surface area (Å²) in [5, 5.41) is 9.17. The fourth-order valence-corrected chi connectivity index (χ4v) is 4.17. The van der Waals surface area contributed by atoms with Crippen molar-refractivity contribution < 1.29 is 14.6 Å². The molecule has 0 bridgehead atoms. The van der Waals surface area contributed by atoms with Gasteiger partial charge in [0.1, 0.15) is 5.75 Å². The van der Waals surface area contributed by atoms with Gasteiger partial charge >= 0.3 is 5.97 Å². The molecule has 2 aliphatic heterocycles. The van der Waals surface area contributed by atoms with Crippen LogP contribution in [0.2, 0.25) is 0 Å². The number of hydrogen-bond acceptors (Lipinski definition) is 4. The van der Waals surface area contributed by atoms with E-state index in [1.165, 1.54) is 37.1 Å². The quantitative estimate of drug-likeness (QED) is 0.822. The Labute approximate surface area is 150 Å². The smallest absolute Gasteiger partial charge is 0.304 e. The van der Waals surface area contributed by atoms with E-state index in [2.05, 4.69) is 28.0 Å². The van der Waals surface area contributed by atoms with E-state index in [0.29, 0.717) is 0 Å². The summed E-state index contributed by atoms with van der Waals surface area (Å²) in [7, 11) is 1.73. The molecule has 2 aliphatic rings. The number of carboxylic acid groups (broad SMARTS) is 1. The van der Waals surface area contributed by atoms with Crippen LogP contribution in [0.25, 0.3) is 0 Å². The van der Waals surface area contributed by atoms with Gasteiger partial charge in [-0.3, -0.25) is 14.6 Å². The van der Waals surface area contributed by atoms with Crippen LogP contribution in [-0.2, 0) is 17.9 Å². The van der Waals surface area contributed by atoms with Crippen LogP contribution in [0.4, 0.5) is 0 Å². The zero-order chi connectivity index (χ0) is 17.6. The van der Waals surface area contributed by atoms with E-state index < -0.39 is 5.97 Å². The van der Waals surface area contributed by atoms with Gasteiger partial charge in [-0.25, -0.2) is 0 Å². The molecule has 138 valence electrons. The standard InChI is InChI=1S/C20H30N2O3/c1-25-19-8-7-16(12-17(19)15-21-9-4-5-10-21)14-22-11-3-2-6-18(22)13-20(23)24/h7-8,12,18H,2-6,9-11,13-15H2,1H3,(H,23,24)/t18-/m1/s1. The maximum absolute atomic E-state index is 11.1. The minimum Gasteiger partial charge on any atom is -0.496 e. The molecule has 0 amide bonds. The molecule has 3 rings (SSSR count). The van der Waals surface area contributed by atoms with Crippen molar-refractivity contribution in [3.8, 4) is 5.75 Å². The summed E-state index contributed by atoms with van der Waals surface area (Å²) in [4.78, 5) is 16.0. The third-order valence-corrected chi connectivity index (χ3v) is 5.48. The molecule has 1 aromatic rings. The molecular formula is C20H30N2O3. The molecule has 1 aromatic carbocycles. The van der Waals surface area contributed by atoms with Crippen LogP contribution in [0.15, 0.2) is 18.2 Å². The van der Waals surface area contributed by atoms with E-state index >= 15 is 0 Å². The molecule has 5 nitrogen and oxygen atoms in total. The van der Waals surface area contributed by atoms with Gasteiger partial charge in [0.25, 0.3) is 0 Å². The van der Waals surface area contributed by atoms with Gasteiger partial charge in [0, 0.05) is 24.7 Å². The second-order valence-corrected chi connectivity index (χ2v) is 7.35. The van der Waals surface area contributed by atoms with Crippen LogP contribution >= 0.6 is 0 Å². The molecule has 0 aromatic heterocycles. The van der Waals surface area contributed by atoms with Crippen LogP contribution < -0.4 is 4.74 Å². The Morgan fingerprint density at radius 1 is 1.16 bits per heavy atom. The van der Waals surface area contributed by atoms with Crippen molar-refractivity contribution in [3.05, 3.63) is 29.3 Å². The number of carboxylic acids is 1. The second kappa shape index (κ2) is 8.68. The Morgan fingerprint density at radius 2 is 1.92 bits per heavy atom. The topological polar surface area (TPSA) is 53.0 Å². The number of piperidine rings is 1. The summed E-state index contributed by atoms with van der Waals surface area (Å²) in [6.45, 7) is 5.09. The molecule has 0 unspecified atom stereocenters. The van der Waals surface area contributed by atoms with E-state index in [9.17, 15) is 9.90 Å². The first-order valence-corrected chi connectivity index (χ1v) is 9.49. The first-order chi connectivity index (χ1) is 12.2. The van der Waals surface area contributed by atoms with Crippen molar-refractivity contribution in [2.45, 2.75) is 57.7 Å². The maximum atomic E-state index is 11.1. The fourth-order valence-electron chi connectivity index (χ4n) is 4.17. The minimum absolute atomic E-state index is 0.162. The first-order valence-electron chi connectivity index (χ1n) is 9.49. The summed E-state index contributed by atoms with van der Waals surface area (Å²) >= 11 is 0. The summed E-state index contributed by atoms with van der Waals surface area (Å²) in [5.74, 6) is 0.262. The molecule has 1 atom stereocenters. The van der Waals surface area contributed by atoms with Crippen LogP contribution in [0.5, 0.6) is 5.75 Å². The summed E-state index contributed by atoms with van der Waals surface area (Å²) in [6, 6.07) is 6.61. The third-order valence-electron chi connectivity index (χ3n) is 5.48. The number of likely N-dealkylation sites (tertiary alicyclic amines) is 2. The summed E-state index contributed by atoms with van der Waals surface area (Å²) in [6.07, 6.45) is 6.10. The Morgan fingerprint density at radius 3 is 2.64 bits per heavy atom. The molecule has 5 heteroatoms. The zero-order valence-corrected chi connectivity index (χ0v) is 15.2. The lowest BCUT2D eigenvalue weighted by Crippen LogP contribution is -2.40. The van der Waals surface area contributed by atoms with Crippen molar-refractivity contribution in [2.75, 3.05) is 26.7 Å². The Balaban J connectivity index is 1.71. The summed E-state index contributed by atoms with van der Waals surface area (Å²) < 4.78 is 5.56. The number of hydrogen-bond donors (Lipinski definition) is 1. The molecule has 25 heavy (non-hydrogen) atoms. The average molecular weight is 346 g/mol. The lowest BCUT2D eigenvalue weighted by molar-refractivity contribution is -0.138. The van der Waals surface area contributed by atoms with Crippen molar-refractivity contribution >= 4 is 5.97 Å². The number of rotatable bonds is 7. The minimum atomic E-state index is -0.693. The number of aliphatic carboxylic acids is 1. The first kappa shape index (κ1) is 18.2. The monoisotopic (exact) mass is 346 g/mol. The van der Waals surface area contributed by atoms with Gasteiger partial charge in [-0.15, -0.1) is 0 Å². The van der Waals surface area contributed by atoms with Crippen LogP contribution in [0.1, 0.15) is 49.7 Å². The second-order valence-electron chi connectivity index (χ2n) is 7.35. The molecule has 2 saturated heterocycles. The fraction of sp³-hybridized carbons (Fsp3) is 0.650. The van der Waals surface area contributed by atoms with Crippen molar-refractivity contribution in [2.24, 2.45) is 0 Å². The molecule has 0 spiro atoms. The lowest BCUT2D eigenvalue weighted by atomic mass is 9.98. The Hall–Kier alpha value is -1.59.